The van der Waals surface area contributed by atoms with Crippen molar-refractivity contribution in [1.82, 2.24) is 5.32 Å². The fourth-order valence-corrected chi connectivity index (χ4v) is 3.73. The summed E-state index contributed by atoms with van der Waals surface area (Å²) in [5.41, 5.74) is -0.387. The van der Waals surface area contributed by atoms with Crippen molar-refractivity contribution < 1.29 is 23.1 Å². The number of carboxylic acid groups (broad SMARTS) is 1. The van der Waals surface area contributed by atoms with Gasteiger partial charge in [-0.3, -0.25) is 4.79 Å². The van der Waals surface area contributed by atoms with E-state index >= 15 is 0 Å². The number of halogens is 2. The lowest BCUT2D eigenvalue weighted by atomic mass is 10.2. The van der Waals surface area contributed by atoms with Crippen LogP contribution in [0.2, 0.25) is 10.0 Å². The Bertz CT molecular complexity index is 713. The third-order valence-electron chi connectivity index (χ3n) is 2.85. The third kappa shape index (κ3) is 3.87. The normalized spacial score (nSPS) is 14.8. The molecule has 1 amide bonds. The molecule has 21 heavy (non-hydrogen) atoms. The summed E-state index contributed by atoms with van der Waals surface area (Å²) in [5, 5.41) is 11.1. The van der Waals surface area contributed by atoms with Crippen molar-refractivity contribution in [2.75, 3.05) is 5.75 Å². The zero-order chi connectivity index (χ0) is 15.8. The number of benzene rings is 1. The second kappa shape index (κ2) is 5.82. The van der Waals surface area contributed by atoms with Crippen molar-refractivity contribution in [2.24, 2.45) is 0 Å². The lowest BCUT2D eigenvalue weighted by Crippen LogP contribution is -2.32. The molecule has 114 valence electrons. The van der Waals surface area contributed by atoms with Gasteiger partial charge in [0.1, 0.15) is 5.75 Å². The summed E-state index contributed by atoms with van der Waals surface area (Å²) >= 11 is 11.5. The average Bonchev–Trinajstić information content (AvgIpc) is 3.10. The molecule has 1 aromatic rings. The predicted octanol–water partition coefficient (Wildman–Crippen LogP) is 1.74. The van der Waals surface area contributed by atoms with E-state index in [1.165, 1.54) is 0 Å². The van der Waals surface area contributed by atoms with Crippen molar-refractivity contribution in [3.63, 3.8) is 0 Å². The number of hydrogen-bond donors (Lipinski definition) is 2. The van der Waals surface area contributed by atoms with Gasteiger partial charge in [-0.1, -0.05) is 23.2 Å². The molecule has 9 heteroatoms. The van der Waals surface area contributed by atoms with Crippen molar-refractivity contribution in [3.8, 4) is 0 Å². The highest BCUT2D eigenvalue weighted by Crippen LogP contribution is 2.29. The highest BCUT2D eigenvalue weighted by molar-refractivity contribution is 7.92. The fraction of sp³-hybridized carbons (Fsp3) is 0.333. The van der Waals surface area contributed by atoms with Gasteiger partial charge in [-0.25, -0.2) is 13.2 Å². The van der Waals surface area contributed by atoms with Crippen LogP contribution in [-0.4, -0.2) is 37.2 Å². The first kappa shape index (κ1) is 16.1. The van der Waals surface area contributed by atoms with Crippen molar-refractivity contribution >= 4 is 44.9 Å². The summed E-state index contributed by atoms with van der Waals surface area (Å²) in [4.78, 5) is 22.2. The van der Waals surface area contributed by atoms with E-state index in [0.717, 1.165) is 25.0 Å². The maximum atomic E-state index is 12.2. The van der Waals surface area contributed by atoms with E-state index in [4.69, 9.17) is 28.3 Å². The zero-order valence-electron chi connectivity index (χ0n) is 10.6. The number of amides is 1. The standard InChI is InChI=1S/C12H11Cl2NO5S/c13-8-4-9(14)10(3-7(8)12(17)18)21(19,20)5-11(16)15-6-1-2-6/h3-4,6H,1-2,5H2,(H,15,16)(H,17,18). The minimum Gasteiger partial charge on any atom is -0.478 e. The van der Waals surface area contributed by atoms with E-state index < -0.39 is 32.4 Å². The fourth-order valence-electron chi connectivity index (χ4n) is 1.68. The molecule has 6 nitrogen and oxygen atoms in total. The van der Waals surface area contributed by atoms with Gasteiger partial charge >= 0.3 is 5.97 Å². The van der Waals surface area contributed by atoms with Gasteiger partial charge in [-0.15, -0.1) is 0 Å². The molecule has 2 N–H and O–H groups in total. The SMILES string of the molecule is O=C(CS(=O)(=O)c1cc(C(=O)O)c(Cl)cc1Cl)NC1CC1. The van der Waals surface area contributed by atoms with E-state index in [-0.39, 0.29) is 21.7 Å². The van der Waals surface area contributed by atoms with Crippen LogP contribution in [0, 0.1) is 0 Å². The summed E-state index contributed by atoms with van der Waals surface area (Å²) in [5.74, 6) is -2.81. The summed E-state index contributed by atoms with van der Waals surface area (Å²) in [7, 11) is -4.05. The van der Waals surface area contributed by atoms with Crippen LogP contribution in [0.5, 0.6) is 0 Å². The van der Waals surface area contributed by atoms with Crippen LogP contribution < -0.4 is 5.32 Å². The van der Waals surface area contributed by atoms with E-state index in [0.29, 0.717) is 0 Å². The van der Waals surface area contributed by atoms with Crippen molar-refractivity contribution in [2.45, 2.75) is 23.8 Å². The monoisotopic (exact) mass is 351 g/mol. The van der Waals surface area contributed by atoms with Crippen LogP contribution in [0.15, 0.2) is 17.0 Å². The topological polar surface area (TPSA) is 101 Å². The Hall–Kier alpha value is -1.31. The van der Waals surface area contributed by atoms with Crippen LogP contribution in [0.3, 0.4) is 0 Å². The van der Waals surface area contributed by atoms with E-state index in [9.17, 15) is 18.0 Å². The van der Waals surface area contributed by atoms with Gasteiger partial charge in [0, 0.05) is 6.04 Å². The van der Waals surface area contributed by atoms with Gasteiger partial charge in [-0.2, -0.15) is 0 Å². The number of carbonyl (C=O) groups excluding carboxylic acids is 1. The maximum absolute atomic E-state index is 12.2. The molecule has 1 aliphatic rings. The second-order valence-electron chi connectivity index (χ2n) is 4.67. The summed E-state index contributed by atoms with van der Waals surface area (Å²) in [6, 6.07) is 1.94. The lowest BCUT2D eigenvalue weighted by Gasteiger charge is -2.09. The molecule has 0 unspecified atom stereocenters. The molecule has 1 aliphatic carbocycles. The zero-order valence-corrected chi connectivity index (χ0v) is 12.9. The number of hydrogen-bond acceptors (Lipinski definition) is 4. The van der Waals surface area contributed by atoms with Crippen molar-refractivity contribution in [1.29, 1.82) is 0 Å². The summed E-state index contributed by atoms with van der Waals surface area (Å²) < 4.78 is 24.3. The predicted molar refractivity (Wildman–Crippen MR) is 76.6 cm³/mol. The van der Waals surface area contributed by atoms with E-state index in [1.54, 1.807) is 0 Å². The molecule has 1 aromatic carbocycles. The Labute approximate surface area is 131 Å². The highest BCUT2D eigenvalue weighted by atomic mass is 35.5. The molecular formula is C12H11Cl2NO5S. The van der Waals surface area contributed by atoms with Crippen LogP contribution in [0.1, 0.15) is 23.2 Å². The molecule has 0 heterocycles. The number of carboxylic acids is 1. The van der Waals surface area contributed by atoms with Gasteiger partial charge in [0.05, 0.1) is 20.5 Å². The molecule has 0 atom stereocenters. The van der Waals surface area contributed by atoms with Crippen LogP contribution in [0.4, 0.5) is 0 Å². The molecular weight excluding hydrogens is 341 g/mol. The Morgan fingerprint density at radius 3 is 2.38 bits per heavy atom. The molecule has 0 saturated heterocycles. The first-order valence-electron chi connectivity index (χ1n) is 5.95. The number of rotatable bonds is 5. The number of aromatic carboxylic acids is 1. The minimum absolute atomic E-state index is 0.0305. The largest absolute Gasteiger partial charge is 0.478 e. The average molecular weight is 352 g/mol. The van der Waals surface area contributed by atoms with Crippen LogP contribution >= 0.6 is 23.2 Å². The number of carbonyl (C=O) groups is 2. The molecule has 0 spiro atoms. The Balaban J connectivity index is 2.32. The minimum atomic E-state index is -4.05. The number of sulfone groups is 1. The van der Waals surface area contributed by atoms with Gasteiger partial charge in [0.15, 0.2) is 9.84 Å². The van der Waals surface area contributed by atoms with Gasteiger partial charge < -0.3 is 10.4 Å². The third-order valence-corrected chi connectivity index (χ3v) is 5.24. The van der Waals surface area contributed by atoms with Crippen LogP contribution in [0.25, 0.3) is 0 Å². The van der Waals surface area contributed by atoms with Gasteiger partial charge in [0.2, 0.25) is 5.91 Å². The quantitative estimate of drug-likeness (QED) is 0.841. The van der Waals surface area contributed by atoms with Crippen molar-refractivity contribution in [3.05, 3.63) is 27.7 Å². The lowest BCUT2D eigenvalue weighted by molar-refractivity contribution is -0.118. The molecule has 1 fully saturated rings. The number of nitrogens with one attached hydrogen (secondary N) is 1. The molecule has 0 bridgehead atoms. The Morgan fingerprint density at radius 2 is 1.86 bits per heavy atom. The maximum Gasteiger partial charge on any atom is 0.337 e. The Morgan fingerprint density at radius 1 is 1.24 bits per heavy atom. The summed E-state index contributed by atoms with van der Waals surface area (Å²) in [6.07, 6.45) is 1.66. The first-order valence-corrected chi connectivity index (χ1v) is 8.36. The molecule has 0 aromatic heterocycles. The first-order chi connectivity index (χ1) is 9.70. The van der Waals surface area contributed by atoms with Gasteiger partial charge in [0.25, 0.3) is 0 Å². The second-order valence-corrected chi connectivity index (χ2v) is 7.44. The van der Waals surface area contributed by atoms with E-state index in [2.05, 4.69) is 5.32 Å². The molecule has 2 rings (SSSR count). The molecule has 0 radical (unpaired) electrons. The highest BCUT2D eigenvalue weighted by Gasteiger charge is 2.28. The molecule has 0 aliphatic heterocycles. The van der Waals surface area contributed by atoms with E-state index in [1.807, 2.05) is 0 Å². The van der Waals surface area contributed by atoms with Crippen LogP contribution in [-0.2, 0) is 14.6 Å². The summed E-state index contributed by atoms with van der Waals surface area (Å²) in [6.45, 7) is 0. The Kier molecular flexibility index (Phi) is 4.46. The van der Waals surface area contributed by atoms with Gasteiger partial charge in [-0.05, 0) is 25.0 Å². The molecule has 1 saturated carbocycles. The smallest absolute Gasteiger partial charge is 0.337 e.